The molecule has 2 fully saturated rings. The van der Waals surface area contributed by atoms with Crippen LogP contribution < -0.4 is 5.32 Å². The van der Waals surface area contributed by atoms with Gasteiger partial charge in [0.25, 0.3) is 0 Å². The van der Waals surface area contributed by atoms with E-state index in [1.807, 2.05) is 7.11 Å². The molecule has 2 heteroatoms. The summed E-state index contributed by atoms with van der Waals surface area (Å²) in [7, 11) is 1.89. The van der Waals surface area contributed by atoms with Gasteiger partial charge in [-0.3, -0.25) is 0 Å². The molecular weight excluding hydrogens is 258 g/mol. The molecule has 116 valence electrons. The van der Waals surface area contributed by atoms with Gasteiger partial charge < -0.3 is 10.1 Å². The minimum absolute atomic E-state index is 0.0228. The van der Waals surface area contributed by atoms with Gasteiger partial charge in [0.1, 0.15) is 0 Å². The van der Waals surface area contributed by atoms with Gasteiger partial charge in [0.15, 0.2) is 0 Å². The molecule has 2 aliphatic rings. The molecule has 0 saturated heterocycles. The molecule has 1 unspecified atom stereocenters. The van der Waals surface area contributed by atoms with Gasteiger partial charge in [-0.1, -0.05) is 37.6 Å². The number of nitrogens with one attached hydrogen (secondary N) is 1. The minimum atomic E-state index is 0.0228. The molecular formula is C19H29NO. The smallest absolute Gasteiger partial charge is 0.0872 e. The van der Waals surface area contributed by atoms with E-state index in [-0.39, 0.29) is 5.60 Å². The van der Waals surface area contributed by atoms with E-state index < -0.39 is 0 Å². The Balaban J connectivity index is 1.92. The van der Waals surface area contributed by atoms with Crippen molar-refractivity contribution < 1.29 is 4.74 Å². The summed E-state index contributed by atoms with van der Waals surface area (Å²) >= 11 is 0. The highest BCUT2D eigenvalue weighted by atomic mass is 16.5. The Hall–Kier alpha value is -0.860. The molecule has 21 heavy (non-hydrogen) atoms. The number of ether oxygens (including phenoxy) is 1. The van der Waals surface area contributed by atoms with Gasteiger partial charge in [-0.2, -0.15) is 0 Å². The maximum absolute atomic E-state index is 6.01. The summed E-state index contributed by atoms with van der Waals surface area (Å²) < 4.78 is 6.01. The third kappa shape index (κ3) is 2.76. The third-order valence-corrected chi connectivity index (χ3v) is 5.58. The Bertz CT molecular complexity index is 457. The quantitative estimate of drug-likeness (QED) is 0.793. The van der Waals surface area contributed by atoms with Crippen molar-refractivity contribution in [3.05, 3.63) is 35.4 Å². The molecule has 1 aromatic carbocycles. The molecule has 2 aliphatic carbocycles. The molecule has 0 spiro atoms. The first-order valence-corrected chi connectivity index (χ1v) is 8.68. The van der Waals surface area contributed by atoms with Crippen LogP contribution in [0, 0.1) is 0 Å². The van der Waals surface area contributed by atoms with Crippen LogP contribution in [0.1, 0.15) is 75.0 Å². The predicted octanol–water partition coefficient (Wildman–Crippen LogP) is 4.56. The summed E-state index contributed by atoms with van der Waals surface area (Å²) in [5.74, 6) is 0.779. The first kappa shape index (κ1) is 15.1. The van der Waals surface area contributed by atoms with E-state index >= 15 is 0 Å². The summed E-state index contributed by atoms with van der Waals surface area (Å²) in [5, 5.41) is 3.80. The Kier molecular flexibility index (Phi) is 4.66. The molecule has 0 amide bonds. The molecule has 0 radical (unpaired) electrons. The lowest BCUT2D eigenvalue weighted by Crippen LogP contribution is -2.51. The Morgan fingerprint density at radius 3 is 2.52 bits per heavy atom. The Morgan fingerprint density at radius 1 is 1.24 bits per heavy atom. The standard InChI is InChI=1S/C19H29NO/c1-3-14-20-18(19(21-2)12-7-13-19)17-11-5-4-10-16(17)15-8-6-9-15/h4-5,10-11,15,18,20H,3,6-9,12-14H2,1-2H3. The van der Waals surface area contributed by atoms with Crippen LogP contribution in [-0.2, 0) is 4.74 Å². The first-order chi connectivity index (χ1) is 10.3. The van der Waals surface area contributed by atoms with Crippen LogP contribution >= 0.6 is 0 Å². The minimum Gasteiger partial charge on any atom is -0.376 e. The van der Waals surface area contributed by atoms with Gasteiger partial charge in [0.05, 0.1) is 11.6 Å². The van der Waals surface area contributed by atoms with Crippen LogP contribution in [0.15, 0.2) is 24.3 Å². The molecule has 2 nitrogen and oxygen atoms in total. The predicted molar refractivity (Wildman–Crippen MR) is 87.7 cm³/mol. The van der Waals surface area contributed by atoms with Crippen LogP contribution in [-0.4, -0.2) is 19.3 Å². The SMILES string of the molecule is CCCNC(c1ccccc1C1CCC1)C1(OC)CCC1. The second-order valence-electron chi connectivity index (χ2n) is 6.77. The van der Waals surface area contributed by atoms with Crippen molar-refractivity contribution in [1.82, 2.24) is 5.32 Å². The fourth-order valence-corrected chi connectivity index (χ4v) is 3.87. The van der Waals surface area contributed by atoms with Crippen LogP contribution in [0.2, 0.25) is 0 Å². The van der Waals surface area contributed by atoms with E-state index in [0.717, 1.165) is 12.5 Å². The zero-order valence-corrected chi connectivity index (χ0v) is 13.5. The monoisotopic (exact) mass is 287 g/mol. The number of benzene rings is 1. The average Bonchev–Trinajstić information content (AvgIpc) is 2.41. The van der Waals surface area contributed by atoms with Gasteiger partial charge in [-0.15, -0.1) is 0 Å². The van der Waals surface area contributed by atoms with Crippen LogP contribution in [0.4, 0.5) is 0 Å². The lowest BCUT2D eigenvalue weighted by molar-refractivity contribution is -0.1000. The van der Waals surface area contributed by atoms with Crippen molar-refractivity contribution in [2.75, 3.05) is 13.7 Å². The highest BCUT2D eigenvalue weighted by Crippen LogP contribution is 2.48. The van der Waals surface area contributed by atoms with Crippen LogP contribution in [0.25, 0.3) is 0 Å². The number of rotatable bonds is 7. The second kappa shape index (κ2) is 6.50. The molecule has 0 heterocycles. The van der Waals surface area contributed by atoms with Gasteiger partial charge in [-0.05, 0) is 62.1 Å². The molecule has 3 rings (SSSR count). The highest BCUT2D eigenvalue weighted by Gasteiger charge is 2.46. The van der Waals surface area contributed by atoms with Crippen molar-refractivity contribution in [3.63, 3.8) is 0 Å². The summed E-state index contributed by atoms with van der Waals surface area (Å²) in [4.78, 5) is 0. The molecule has 1 aromatic rings. The molecule has 0 bridgehead atoms. The molecule has 0 aliphatic heterocycles. The van der Waals surface area contributed by atoms with E-state index in [2.05, 4.69) is 36.5 Å². The topological polar surface area (TPSA) is 21.3 Å². The van der Waals surface area contributed by atoms with Gasteiger partial charge in [0, 0.05) is 7.11 Å². The van der Waals surface area contributed by atoms with Crippen molar-refractivity contribution in [1.29, 1.82) is 0 Å². The maximum Gasteiger partial charge on any atom is 0.0872 e. The zero-order chi connectivity index (χ0) is 14.7. The summed E-state index contributed by atoms with van der Waals surface area (Å²) in [6.45, 7) is 3.30. The van der Waals surface area contributed by atoms with E-state index in [4.69, 9.17) is 4.74 Å². The third-order valence-electron chi connectivity index (χ3n) is 5.58. The van der Waals surface area contributed by atoms with Crippen molar-refractivity contribution in [2.45, 2.75) is 69.4 Å². The molecule has 1 atom stereocenters. The Labute approximate surface area is 129 Å². The second-order valence-corrected chi connectivity index (χ2v) is 6.77. The van der Waals surface area contributed by atoms with Gasteiger partial charge >= 0.3 is 0 Å². The summed E-state index contributed by atoms with van der Waals surface area (Å²) in [6.07, 6.45) is 8.94. The summed E-state index contributed by atoms with van der Waals surface area (Å²) in [6, 6.07) is 9.43. The van der Waals surface area contributed by atoms with Crippen LogP contribution in [0.5, 0.6) is 0 Å². The highest BCUT2D eigenvalue weighted by molar-refractivity contribution is 5.36. The average molecular weight is 287 g/mol. The van der Waals surface area contributed by atoms with E-state index in [0.29, 0.717) is 6.04 Å². The fourth-order valence-electron chi connectivity index (χ4n) is 3.87. The van der Waals surface area contributed by atoms with Crippen molar-refractivity contribution in [2.24, 2.45) is 0 Å². The van der Waals surface area contributed by atoms with E-state index in [9.17, 15) is 0 Å². The maximum atomic E-state index is 6.01. The normalized spacial score (nSPS) is 22.4. The molecule has 1 N–H and O–H groups in total. The van der Waals surface area contributed by atoms with Crippen LogP contribution in [0.3, 0.4) is 0 Å². The summed E-state index contributed by atoms with van der Waals surface area (Å²) in [5.41, 5.74) is 3.09. The van der Waals surface area contributed by atoms with Gasteiger partial charge in [-0.25, -0.2) is 0 Å². The van der Waals surface area contributed by atoms with Crippen molar-refractivity contribution in [3.8, 4) is 0 Å². The fraction of sp³-hybridized carbons (Fsp3) is 0.684. The van der Waals surface area contributed by atoms with Gasteiger partial charge in [0.2, 0.25) is 0 Å². The van der Waals surface area contributed by atoms with E-state index in [1.165, 1.54) is 50.5 Å². The molecule has 0 aromatic heterocycles. The molecule has 2 saturated carbocycles. The number of methoxy groups -OCH3 is 1. The number of hydrogen-bond acceptors (Lipinski definition) is 2. The lowest BCUT2D eigenvalue weighted by Gasteiger charge is -2.48. The zero-order valence-electron chi connectivity index (χ0n) is 13.5. The Morgan fingerprint density at radius 2 is 2.00 bits per heavy atom. The largest absolute Gasteiger partial charge is 0.376 e. The number of hydrogen-bond donors (Lipinski definition) is 1. The first-order valence-electron chi connectivity index (χ1n) is 8.68. The lowest BCUT2D eigenvalue weighted by atomic mass is 9.69. The van der Waals surface area contributed by atoms with Crippen molar-refractivity contribution >= 4 is 0 Å². The van der Waals surface area contributed by atoms with E-state index in [1.54, 1.807) is 5.56 Å².